The van der Waals surface area contributed by atoms with Gasteiger partial charge in [0.15, 0.2) is 5.17 Å². The molecular formula is C19H16N4O2S. The number of amides is 1. The summed E-state index contributed by atoms with van der Waals surface area (Å²) in [5.74, 6) is 1.81. The summed E-state index contributed by atoms with van der Waals surface area (Å²) in [4.78, 5) is 16.4. The molecule has 2 aromatic rings. The Kier molecular flexibility index (Phi) is 5.91. The lowest BCUT2D eigenvalue weighted by Gasteiger charge is -2.08. The molecule has 1 amide bonds. The van der Waals surface area contributed by atoms with E-state index in [9.17, 15) is 10.1 Å². The number of amidine groups is 1. The molecule has 1 aliphatic heterocycles. The van der Waals surface area contributed by atoms with Crippen molar-refractivity contribution in [2.24, 2.45) is 4.99 Å². The number of para-hydroxylation sites is 1. The summed E-state index contributed by atoms with van der Waals surface area (Å²) in [6.45, 7) is 0.742. The highest BCUT2D eigenvalue weighted by Crippen LogP contribution is 2.22. The number of ether oxygens (including phenoxy) is 1. The maximum Gasteiger partial charge on any atom is 0.267 e. The normalized spacial score (nSPS) is 13.5. The predicted molar refractivity (Wildman–Crippen MR) is 103 cm³/mol. The maximum atomic E-state index is 12.2. The standard InChI is InChI=1S/C19H16N4O2S/c20-12-14(13-22-19-21-10-11-26-19)18(24)23-15-6-8-17(9-7-15)25-16-4-2-1-3-5-16/h1-9,13H,10-11H2,(H,21,22)(H,23,24)/b14-13-. The summed E-state index contributed by atoms with van der Waals surface area (Å²) in [5.41, 5.74) is 0.550. The minimum absolute atomic E-state index is 0.0233. The Balaban J connectivity index is 1.59. The Morgan fingerprint density at radius 3 is 2.54 bits per heavy atom. The van der Waals surface area contributed by atoms with Crippen molar-refractivity contribution < 1.29 is 9.53 Å². The van der Waals surface area contributed by atoms with Crippen LogP contribution in [0.25, 0.3) is 0 Å². The van der Waals surface area contributed by atoms with Crippen molar-refractivity contribution in [3.8, 4) is 17.6 Å². The molecular weight excluding hydrogens is 348 g/mol. The summed E-state index contributed by atoms with van der Waals surface area (Å²) < 4.78 is 5.70. The fourth-order valence-corrected chi connectivity index (χ4v) is 2.84. The number of benzene rings is 2. The monoisotopic (exact) mass is 364 g/mol. The van der Waals surface area contributed by atoms with Crippen molar-refractivity contribution in [2.75, 3.05) is 17.6 Å². The second kappa shape index (κ2) is 8.74. The fraction of sp³-hybridized carbons (Fsp3) is 0.105. The Labute approximate surface area is 155 Å². The molecule has 0 saturated carbocycles. The highest BCUT2D eigenvalue weighted by Gasteiger charge is 2.11. The van der Waals surface area contributed by atoms with Crippen LogP contribution in [0.3, 0.4) is 0 Å². The molecule has 3 rings (SSSR count). The average molecular weight is 364 g/mol. The molecule has 0 saturated heterocycles. The van der Waals surface area contributed by atoms with Gasteiger partial charge >= 0.3 is 0 Å². The molecule has 2 N–H and O–H groups in total. The molecule has 0 bridgehead atoms. The number of hydrogen-bond donors (Lipinski definition) is 2. The molecule has 0 fully saturated rings. The highest BCUT2D eigenvalue weighted by atomic mass is 32.2. The first-order valence-electron chi connectivity index (χ1n) is 7.93. The van der Waals surface area contributed by atoms with Crippen molar-refractivity contribution >= 4 is 28.5 Å². The summed E-state index contributed by atoms with van der Waals surface area (Å²) in [5, 5.41) is 15.5. The Hall–Kier alpha value is -3.24. The van der Waals surface area contributed by atoms with Crippen molar-refractivity contribution in [3.63, 3.8) is 0 Å². The van der Waals surface area contributed by atoms with Gasteiger partial charge in [0.2, 0.25) is 0 Å². The summed E-state index contributed by atoms with van der Waals surface area (Å²) in [6.07, 6.45) is 1.37. The number of carbonyl (C=O) groups excluding carboxylic acids is 1. The molecule has 7 heteroatoms. The SMILES string of the molecule is N#C/C(=C/NC1=NCCS1)C(=O)Nc1ccc(Oc2ccccc2)cc1. The molecule has 0 aromatic heterocycles. The van der Waals surface area contributed by atoms with Crippen LogP contribution in [0.2, 0.25) is 0 Å². The zero-order valence-electron chi connectivity index (χ0n) is 13.8. The number of nitriles is 1. The van der Waals surface area contributed by atoms with Crippen LogP contribution >= 0.6 is 11.8 Å². The smallest absolute Gasteiger partial charge is 0.267 e. The van der Waals surface area contributed by atoms with Crippen molar-refractivity contribution in [2.45, 2.75) is 0 Å². The van der Waals surface area contributed by atoms with Crippen LogP contribution in [0.15, 0.2) is 71.4 Å². The fourth-order valence-electron chi connectivity index (χ4n) is 2.13. The third kappa shape index (κ3) is 4.88. The second-order valence-corrected chi connectivity index (χ2v) is 6.33. The number of anilines is 1. The zero-order chi connectivity index (χ0) is 18.2. The largest absolute Gasteiger partial charge is 0.457 e. The number of hydrogen-bond acceptors (Lipinski definition) is 6. The number of carbonyl (C=O) groups is 1. The second-order valence-electron chi connectivity index (χ2n) is 5.24. The van der Waals surface area contributed by atoms with E-state index in [0.29, 0.717) is 16.6 Å². The first kappa shape index (κ1) is 17.6. The van der Waals surface area contributed by atoms with E-state index in [1.54, 1.807) is 36.0 Å². The average Bonchev–Trinajstić information content (AvgIpc) is 3.18. The minimum Gasteiger partial charge on any atom is -0.457 e. The quantitative estimate of drug-likeness (QED) is 0.626. The van der Waals surface area contributed by atoms with Gasteiger partial charge in [-0.2, -0.15) is 5.26 Å². The topological polar surface area (TPSA) is 86.5 Å². The van der Waals surface area contributed by atoms with Crippen LogP contribution in [0.5, 0.6) is 11.5 Å². The van der Waals surface area contributed by atoms with Crippen molar-refractivity contribution in [3.05, 3.63) is 66.4 Å². The summed E-state index contributed by atoms with van der Waals surface area (Å²) in [6, 6.07) is 18.2. The third-order valence-corrected chi connectivity index (χ3v) is 4.29. The van der Waals surface area contributed by atoms with E-state index in [1.807, 2.05) is 36.4 Å². The van der Waals surface area contributed by atoms with Gasteiger partial charge in [0.05, 0.1) is 6.54 Å². The van der Waals surface area contributed by atoms with Gasteiger partial charge in [0.25, 0.3) is 5.91 Å². The number of aliphatic imine (C=N–C) groups is 1. The van der Waals surface area contributed by atoms with Gasteiger partial charge in [-0.15, -0.1) is 0 Å². The lowest BCUT2D eigenvalue weighted by atomic mass is 10.2. The van der Waals surface area contributed by atoms with Crippen LogP contribution in [0.4, 0.5) is 5.69 Å². The van der Waals surface area contributed by atoms with Gasteiger partial charge in [-0.05, 0) is 36.4 Å². The molecule has 0 radical (unpaired) electrons. The van der Waals surface area contributed by atoms with Crippen LogP contribution in [-0.2, 0) is 4.79 Å². The van der Waals surface area contributed by atoms with Gasteiger partial charge in [0.1, 0.15) is 23.1 Å². The first-order valence-corrected chi connectivity index (χ1v) is 8.91. The summed E-state index contributed by atoms with van der Waals surface area (Å²) >= 11 is 1.55. The lowest BCUT2D eigenvalue weighted by molar-refractivity contribution is -0.112. The molecule has 0 unspecified atom stereocenters. The predicted octanol–water partition coefficient (Wildman–Crippen LogP) is 3.52. The van der Waals surface area contributed by atoms with E-state index in [1.165, 1.54) is 6.20 Å². The molecule has 130 valence electrons. The van der Waals surface area contributed by atoms with Gasteiger partial charge in [-0.25, -0.2) is 0 Å². The zero-order valence-corrected chi connectivity index (χ0v) is 14.6. The number of thioether (sulfide) groups is 1. The van der Waals surface area contributed by atoms with Crippen molar-refractivity contribution in [1.29, 1.82) is 5.26 Å². The number of rotatable bonds is 5. The van der Waals surface area contributed by atoms with Gasteiger partial charge in [-0.1, -0.05) is 30.0 Å². The first-order chi connectivity index (χ1) is 12.7. The highest BCUT2D eigenvalue weighted by molar-refractivity contribution is 8.14. The van der Waals surface area contributed by atoms with Gasteiger partial charge in [-0.3, -0.25) is 9.79 Å². The molecule has 0 aliphatic carbocycles. The molecule has 2 aromatic carbocycles. The minimum atomic E-state index is -0.486. The van der Waals surface area contributed by atoms with Gasteiger partial charge in [0, 0.05) is 17.6 Å². The van der Waals surface area contributed by atoms with Crippen LogP contribution in [0, 0.1) is 11.3 Å². The maximum absolute atomic E-state index is 12.2. The van der Waals surface area contributed by atoms with E-state index in [-0.39, 0.29) is 5.57 Å². The third-order valence-electron chi connectivity index (χ3n) is 3.38. The molecule has 0 spiro atoms. The molecule has 1 aliphatic rings. The number of nitrogens with zero attached hydrogens (tertiary/aromatic N) is 2. The molecule has 0 atom stereocenters. The van der Waals surface area contributed by atoms with Crippen molar-refractivity contribution in [1.82, 2.24) is 5.32 Å². The van der Waals surface area contributed by atoms with Crippen LogP contribution < -0.4 is 15.4 Å². The molecule has 1 heterocycles. The van der Waals surface area contributed by atoms with E-state index < -0.39 is 5.91 Å². The molecule has 6 nitrogen and oxygen atoms in total. The number of nitrogens with one attached hydrogen (secondary N) is 2. The summed E-state index contributed by atoms with van der Waals surface area (Å²) in [7, 11) is 0. The Morgan fingerprint density at radius 1 is 1.15 bits per heavy atom. The Bertz CT molecular complexity index is 871. The van der Waals surface area contributed by atoms with E-state index in [4.69, 9.17) is 4.74 Å². The van der Waals surface area contributed by atoms with Gasteiger partial charge < -0.3 is 15.4 Å². The van der Waals surface area contributed by atoms with Crippen LogP contribution in [-0.4, -0.2) is 23.4 Å². The van der Waals surface area contributed by atoms with E-state index in [0.717, 1.165) is 18.0 Å². The lowest BCUT2D eigenvalue weighted by Crippen LogP contribution is -2.18. The van der Waals surface area contributed by atoms with E-state index >= 15 is 0 Å². The molecule has 26 heavy (non-hydrogen) atoms. The van der Waals surface area contributed by atoms with Crippen LogP contribution in [0.1, 0.15) is 0 Å². The van der Waals surface area contributed by atoms with E-state index in [2.05, 4.69) is 15.6 Å². The Morgan fingerprint density at radius 2 is 1.88 bits per heavy atom.